The molecule has 0 saturated heterocycles. The SMILES string of the molecule is [2H]C([2H])([2H])C([2H])([2H])C([2H])([2H])C([2H])([2H])C([2H])([2H])C([2H])([2H])Oc1nsnc1-c1cccnc1. The second kappa shape index (κ2) is 7.06. The molecule has 0 saturated carbocycles. The van der Waals surface area contributed by atoms with Gasteiger partial charge in [0.05, 0.1) is 21.0 Å². The molecule has 0 atom stereocenters. The van der Waals surface area contributed by atoms with Crippen LogP contribution in [0.1, 0.15) is 50.2 Å². The first-order valence-electron chi connectivity index (χ1n) is 11.2. The summed E-state index contributed by atoms with van der Waals surface area (Å²) >= 11 is 0.589. The Morgan fingerprint density at radius 3 is 3.22 bits per heavy atom. The first kappa shape index (κ1) is 4.27. The molecule has 0 aliphatic carbocycles. The molecular formula is C13H17N3OS. The highest BCUT2D eigenvalue weighted by Gasteiger charge is 2.11. The minimum atomic E-state index is -4.01. The summed E-state index contributed by atoms with van der Waals surface area (Å²) in [7, 11) is 0. The zero-order valence-corrected chi connectivity index (χ0v) is 9.78. The van der Waals surface area contributed by atoms with Crippen LogP contribution in [0.4, 0.5) is 0 Å². The van der Waals surface area contributed by atoms with Crippen LogP contribution < -0.4 is 4.74 Å². The Morgan fingerprint density at radius 1 is 1.39 bits per heavy atom. The van der Waals surface area contributed by atoms with E-state index in [0.717, 1.165) is 0 Å². The summed E-state index contributed by atoms with van der Waals surface area (Å²) < 4.78 is 113. The van der Waals surface area contributed by atoms with Gasteiger partial charge in [-0.1, -0.05) is 26.0 Å². The molecule has 0 aliphatic rings. The van der Waals surface area contributed by atoms with Crippen molar-refractivity contribution in [1.82, 2.24) is 13.7 Å². The van der Waals surface area contributed by atoms with Crippen molar-refractivity contribution in [1.29, 1.82) is 0 Å². The quantitative estimate of drug-likeness (QED) is 0.776. The predicted octanol–water partition coefficient (Wildman–Crippen LogP) is 3.56. The lowest BCUT2D eigenvalue weighted by molar-refractivity contribution is 0.297. The Hall–Kier alpha value is -1.49. The predicted molar refractivity (Wildman–Crippen MR) is 72.8 cm³/mol. The second-order valence-corrected chi connectivity index (χ2v) is 3.39. The van der Waals surface area contributed by atoms with Crippen molar-refractivity contribution in [2.24, 2.45) is 0 Å². The van der Waals surface area contributed by atoms with E-state index in [9.17, 15) is 0 Å². The molecule has 0 amide bonds. The number of pyridine rings is 1. The fraction of sp³-hybridized carbons (Fsp3) is 0.462. The van der Waals surface area contributed by atoms with Gasteiger partial charge in [0.15, 0.2) is 0 Å². The number of hydrogen-bond acceptors (Lipinski definition) is 5. The van der Waals surface area contributed by atoms with Crippen LogP contribution in [0.5, 0.6) is 5.88 Å². The molecule has 2 heterocycles. The lowest BCUT2D eigenvalue weighted by Gasteiger charge is -2.04. The van der Waals surface area contributed by atoms with E-state index in [0.29, 0.717) is 17.3 Å². The molecule has 4 nitrogen and oxygen atoms in total. The van der Waals surface area contributed by atoms with Crippen molar-refractivity contribution in [3.8, 4) is 17.1 Å². The van der Waals surface area contributed by atoms with E-state index >= 15 is 0 Å². The number of ether oxygens (including phenoxy) is 1. The average Bonchev–Trinajstić information content (AvgIpc) is 3.08. The van der Waals surface area contributed by atoms with Crippen LogP contribution >= 0.6 is 11.7 Å². The van der Waals surface area contributed by atoms with Crippen molar-refractivity contribution < 1.29 is 22.6 Å². The monoisotopic (exact) mass is 276 g/mol. The lowest BCUT2D eigenvalue weighted by atomic mass is 10.2. The normalized spacial score (nSPS) is 25.9. The molecule has 2 aromatic heterocycles. The molecule has 5 heteroatoms. The van der Waals surface area contributed by atoms with E-state index in [1.54, 1.807) is 0 Å². The number of hydrogen-bond donors (Lipinski definition) is 0. The zero-order valence-electron chi connectivity index (χ0n) is 22.0. The first-order chi connectivity index (χ1) is 13.8. The van der Waals surface area contributed by atoms with Gasteiger partial charge < -0.3 is 4.74 Å². The van der Waals surface area contributed by atoms with Crippen molar-refractivity contribution >= 4 is 11.7 Å². The lowest BCUT2D eigenvalue weighted by Crippen LogP contribution is -1.98. The van der Waals surface area contributed by atoms with Crippen molar-refractivity contribution in [3.63, 3.8) is 0 Å². The van der Waals surface area contributed by atoms with E-state index in [1.807, 2.05) is 0 Å². The molecule has 96 valence electrons. The number of nitrogens with zero attached hydrogens (tertiary/aromatic N) is 3. The Morgan fingerprint density at radius 2 is 2.39 bits per heavy atom. The number of aromatic nitrogens is 3. The van der Waals surface area contributed by atoms with Gasteiger partial charge in [0.25, 0.3) is 5.88 Å². The molecule has 0 N–H and O–H groups in total. The highest BCUT2D eigenvalue weighted by Crippen LogP contribution is 2.26. The minimum absolute atomic E-state index is 0.0285. The van der Waals surface area contributed by atoms with Gasteiger partial charge in [-0.05, 0) is 18.5 Å². The van der Waals surface area contributed by atoms with E-state index in [2.05, 4.69) is 13.7 Å². The standard InChI is InChI=1S/C13H17N3OS/c1-2-3-4-5-9-17-13-12(15-18-16-13)11-7-6-8-14-10-11/h6-8,10H,2-5,9H2,1H3/i1D3,2D2,3D2,4D2,5D2,9D2. The molecular weight excluding hydrogens is 246 g/mol. The Balaban J connectivity index is 2.48. The van der Waals surface area contributed by atoms with Gasteiger partial charge >= 0.3 is 0 Å². The summed E-state index contributed by atoms with van der Waals surface area (Å²) in [5, 5.41) is 0. The minimum Gasteiger partial charge on any atom is -0.475 e. The first-order valence-corrected chi connectivity index (χ1v) is 5.46. The largest absolute Gasteiger partial charge is 0.475 e. The fourth-order valence-electron chi connectivity index (χ4n) is 1.09. The van der Waals surface area contributed by atoms with Crippen LogP contribution in [0.3, 0.4) is 0 Å². The highest BCUT2D eigenvalue weighted by atomic mass is 32.1. The molecule has 0 aromatic carbocycles. The molecule has 2 rings (SSSR count). The van der Waals surface area contributed by atoms with Crippen molar-refractivity contribution in [2.45, 2.75) is 32.3 Å². The molecule has 18 heavy (non-hydrogen) atoms. The van der Waals surface area contributed by atoms with E-state index < -0.39 is 44.8 Å². The second-order valence-electron chi connectivity index (χ2n) is 2.86. The maximum atomic E-state index is 7.99. The average molecular weight is 276 g/mol. The Kier molecular flexibility index (Phi) is 1.67. The van der Waals surface area contributed by atoms with Gasteiger partial charge in [-0.3, -0.25) is 4.98 Å². The summed E-state index contributed by atoms with van der Waals surface area (Å²) in [5.41, 5.74) is 0.304. The Labute approximate surface area is 130 Å². The van der Waals surface area contributed by atoms with Gasteiger partial charge in [0, 0.05) is 33.0 Å². The highest BCUT2D eigenvalue weighted by molar-refractivity contribution is 6.99. The Bertz CT molecular complexity index is 913. The van der Waals surface area contributed by atoms with Crippen LogP contribution in [-0.4, -0.2) is 20.3 Å². The molecule has 0 aliphatic heterocycles. The fourth-order valence-corrected chi connectivity index (χ4v) is 1.59. The van der Waals surface area contributed by atoms with Crippen LogP contribution in [-0.2, 0) is 0 Å². The maximum Gasteiger partial charge on any atom is 0.254 e. The third-order valence-electron chi connectivity index (χ3n) is 1.78. The van der Waals surface area contributed by atoms with Gasteiger partial charge in [-0.2, -0.15) is 4.37 Å². The smallest absolute Gasteiger partial charge is 0.254 e. The zero-order chi connectivity index (χ0) is 24.1. The van der Waals surface area contributed by atoms with Gasteiger partial charge in [-0.25, -0.2) is 0 Å². The molecule has 0 bridgehead atoms. The summed E-state index contributed by atoms with van der Waals surface area (Å²) in [5.74, 6) is -0.526. The van der Waals surface area contributed by atoms with Gasteiger partial charge in [0.1, 0.15) is 5.69 Å². The summed E-state index contributed by atoms with van der Waals surface area (Å²) in [4.78, 5) is 3.86. The van der Waals surface area contributed by atoms with Gasteiger partial charge in [-0.15, -0.1) is 4.37 Å². The molecule has 0 spiro atoms. The van der Waals surface area contributed by atoms with Crippen LogP contribution in [0.15, 0.2) is 24.5 Å². The van der Waals surface area contributed by atoms with Gasteiger partial charge in [0.2, 0.25) is 0 Å². The van der Waals surface area contributed by atoms with Crippen LogP contribution in [0, 0.1) is 0 Å². The molecule has 0 unspecified atom stereocenters. The van der Waals surface area contributed by atoms with E-state index in [-0.39, 0.29) is 5.69 Å². The molecule has 0 fully saturated rings. The van der Waals surface area contributed by atoms with E-state index in [4.69, 9.17) is 22.6 Å². The summed E-state index contributed by atoms with van der Waals surface area (Å²) in [6.07, 6.45) is -13.0. The third kappa shape index (κ3) is 3.50. The van der Waals surface area contributed by atoms with Crippen molar-refractivity contribution in [2.75, 3.05) is 6.56 Å². The van der Waals surface area contributed by atoms with E-state index in [1.165, 1.54) is 24.5 Å². The maximum absolute atomic E-state index is 7.99. The molecule has 0 radical (unpaired) electrons. The topological polar surface area (TPSA) is 47.9 Å². The van der Waals surface area contributed by atoms with Crippen LogP contribution in [0.2, 0.25) is 0 Å². The number of rotatable bonds is 7. The van der Waals surface area contributed by atoms with Crippen molar-refractivity contribution in [3.05, 3.63) is 24.5 Å². The summed E-state index contributed by atoms with van der Waals surface area (Å²) in [6, 6.07) is 3.07. The third-order valence-corrected chi connectivity index (χ3v) is 2.29. The van der Waals surface area contributed by atoms with Crippen LogP contribution in [0.25, 0.3) is 11.3 Å². The summed E-state index contributed by atoms with van der Waals surface area (Å²) in [6.45, 7) is -7.29. The molecule has 2 aromatic rings.